The molecule has 400 valence electrons. The fourth-order valence-electron chi connectivity index (χ4n) is 7.73. The van der Waals surface area contributed by atoms with Crippen LogP contribution in [0.5, 0.6) is 5.75 Å². The number of carbonyl (C=O) groups excluding carboxylic acids is 8. The number of nitrogens with zero attached hydrogens (tertiary/aromatic N) is 1. The second kappa shape index (κ2) is 28.7. The normalized spacial score (nSPS) is 14.4. The van der Waals surface area contributed by atoms with E-state index in [9.17, 15) is 48.6 Å². The minimum Gasteiger partial charge on any atom is -0.508 e. The van der Waals surface area contributed by atoms with E-state index in [1.54, 1.807) is 20.0 Å². The smallest absolute Gasteiger partial charge is 0.245 e. The molecule has 1 aromatic heterocycles. The van der Waals surface area contributed by atoms with Crippen LogP contribution in [-0.2, 0) is 51.2 Å². The highest BCUT2D eigenvalue weighted by atomic mass is 16.3. The lowest BCUT2D eigenvalue weighted by Crippen LogP contribution is -2.62. The summed E-state index contributed by atoms with van der Waals surface area (Å²) in [4.78, 5) is 113. The molecule has 8 atom stereocenters. The maximum atomic E-state index is 14.4. The summed E-state index contributed by atoms with van der Waals surface area (Å²) in [7, 11) is 1.25. The predicted molar refractivity (Wildman–Crippen MR) is 270 cm³/mol. The molecule has 0 unspecified atom stereocenters. The largest absolute Gasteiger partial charge is 0.508 e. The summed E-state index contributed by atoms with van der Waals surface area (Å²) >= 11 is 0. The van der Waals surface area contributed by atoms with Gasteiger partial charge in [0.15, 0.2) is 11.9 Å². The van der Waals surface area contributed by atoms with Gasteiger partial charge in [-0.05, 0) is 80.7 Å². The number of aromatic hydroxyl groups is 1. The van der Waals surface area contributed by atoms with Crippen LogP contribution in [0.2, 0.25) is 0 Å². The van der Waals surface area contributed by atoms with Gasteiger partial charge in [0, 0.05) is 50.1 Å². The van der Waals surface area contributed by atoms with Crippen LogP contribution in [-0.4, -0.2) is 148 Å². The molecule has 0 radical (unpaired) electrons. The lowest BCUT2D eigenvalue weighted by atomic mass is 10.00. The number of aromatic amines is 1. The SMILES string of the molecule is CC(C)[C@H](NC(=O)[C@@H](N)Cc1c[nH]c2ccccc12)C(=O)N[C@H](C(=O)N[C@@H](CCCNC(=N)N)C(=O)N[C@@H](CCC(N)=O)C(=O)N(C)[C@@H](CCCNC(=N)N)C(=O)N[C@@H](Cc1ccc(O)cc1)C(N)=O)[C@@H](C)O. The number of guanidine groups is 2. The Morgan fingerprint density at radius 1 is 0.671 bits per heavy atom. The minimum absolute atomic E-state index is 0.0360. The molecule has 73 heavy (non-hydrogen) atoms. The number of hydrogen-bond donors (Lipinski definition) is 17. The van der Waals surface area contributed by atoms with Crippen molar-refractivity contribution < 1.29 is 48.6 Å². The molecule has 0 bridgehead atoms. The quantitative estimate of drug-likeness (QED) is 0.0175. The number of aromatic nitrogens is 1. The number of phenols is 1. The molecule has 0 aliphatic heterocycles. The molecule has 26 heteroatoms. The van der Waals surface area contributed by atoms with E-state index in [2.05, 4.69) is 42.2 Å². The van der Waals surface area contributed by atoms with Crippen LogP contribution in [0.3, 0.4) is 0 Å². The number of likely N-dealkylation sites (N-methyl/N-ethyl adjacent to an activating group) is 1. The van der Waals surface area contributed by atoms with Gasteiger partial charge >= 0.3 is 0 Å². The van der Waals surface area contributed by atoms with E-state index in [4.69, 9.17) is 39.5 Å². The topological polar surface area (TPSA) is 458 Å². The van der Waals surface area contributed by atoms with Crippen LogP contribution in [0.4, 0.5) is 0 Å². The first-order valence-corrected chi connectivity index (χ1v) is 23.7. The second-order valence-electron chi connectivity index (χ2n) is 18.0. The van der Waals surface area contributed by atoms with Crippen molar-refractivity contribution in [3.8, 4) is 5.75 Å². The minimum atomic E-state index is -1.70. The molecule has 8 amide bonds. The van der Waals surface area contributed by atoms with Crippen molar-refractivity contribution in [2.45, 2.75) is 121 Å². The van der Waals surface area contributed by atoms with Crippen LogP contribution in [0.25, 0.3) is 10.9 Å². The molecule has 3 rings (SSSR count). The van der Waals surface area contributed by atoms with Crippen LogP contribution < -0.4 is 65.9 Å². The number of phenolic OH excluding ortho intramolecular Hbond substituents is 1. The number of amides is 8. The van der Waals surface area contributed by atoms with Gasteiger partial charge in [-0.3, -0.25) is 49.2 Å². The van der Waals surface area contributed by atoms with E-state index >= 15 is 0 Å². The molecule has 0 saturated carbocycles. The molecule has 0 aliphatic carbocycles. The van der Waals surface area contributed by atoms with E-state index in [-0.39, 0.29) is 75.7 Å². The van der Waals surface area contributed by atoms with E-state index in [0.29, 0.717) is 5.56 Å². The lowest BCUT2D eigenvalue weighted by Gasteiger charge is -2.33. The number of rotatable bonds is 30. The number of aliphatic hydroxyl groups excluding tert-OH is 1. The van der Waals surface area contributed by atoms with Crippen LogP contribution >= 0.6 is 0 Å². The molecular formula is C47H72N16O10. The van der Waals surface area contributed by atoms with Crippen molar-refractivity contribution in [1.29, 1.82) is 10.8 Å². The Balaban J connectivity index is 1.87. The number of nitrogens with two attached hydrogens (primary N) is 5. The molecule has 0 aliphatic rings. The number of aliphatic hydroxyl groups is 1. The Kier molecular flexibility index (Phi) is 23.4. The number of carbonyl (C=O) groups is 8. The maximum Gasteiger partial charge on any atom is 0.245 e. The molecule has 1 heterocycles. The Morgan fingerprint density at radius 3 is 1.81 bits per heavy atom. The first kappa shape index (κ1) is 59.3. The third-order valence-corrected chi connectivity index (χ3v) is 11.8. The van der Waals surface area contributed by atoms with Crippen LogP contribution in [0.15, 0.2) is 54.7 Å². The zero-order chi connectivity index (χ0) is 54.5. The Labute approximate surface area is 422 Å². The highest BCUT2D eigenvalue weighted by Gasteiger charge is 2.37. The van der Waals surface area contributed by atoms with Gasteiger partial charge in [0.1, 0.15) is 42.0 Å². The zero-order valence-electron chi connectivity index (χ0n) is 41.5. The van der Waals surface area contributed by atoms with E-state index < -0.39 is 108 Å². The number of fused-ring (bicyclic) bond motifs is 1. The predicted octanol–water partition coefficient (Wildman–Crippen LogP) is -3.45. The standard InChI is InChI=1S/C47H72N16O10/c1-24(2)37(61-40(68)30(48)22-27-23-57-31-10-6-5-9-29(27)31)43(71)62-38(25(3)64)44(72)58-32(11-7-19-55-46(51)52)41(69)59-33(17-18-36(49)66)45(73)63(4)35(12-8-20-56-47(53)54)42(70)60-34(39(50)67)21-26-13-15-28(65)16-14-26/h5-6,9-10,13-16,23-25,30,32-35,37-38,57,64-65H,7-8,11-12,17-22,48H2,1-4H3,(H2,49,66)(H2,50,67)(H,58,72)(H,59,69)(H,60,70)(H,61,68)(H,62,71)(H4,51,52,55)(H4,53,54,56)/t25-,30+,32+,33+,34+,35+,37+,38+/m1/s1. The molecule has 22 N–H and O–H groups in total. The van der Waals surface area contributed by atoms with Gasteiger partial charge in [-0.1, -0.05) is 44.2 Å². The first-order valence-electron chi connectivity index (χ1n) is 23.7. The summed E-state index contributed by atoms with van der Waals surface area (Å²) in [5, 5.41) is 54.4. The molecular weight excluding hydrogens is 949 g/mol. The van der Waals surface area contributed by atoms with Gasteiger partial charge in [0.25, 0.3) is 0 Å². The monoisotopic (exact) mass is 1020 g/mol. The number of para-hydroxylation sites is 1. The third-order valence-electron chi connectivity index (χ3n) is 11.8. The number of nitrogens with one attached hydrogen (secondary N) is 10. The van der Waals surface area contributed by atoms with Crippen molar-refractivity contribution in [2.24, 2.45) is 34.6 Å². The van der Waals surface area contributed by atoms with E-state index in [0.717, 1.165) is 21.4 Å². The molecule has 0 fully saturated rings. The van der Waals surface area contributed by atoms with Gasteiger partial charge < -0.3 is 86.0 Å². The Bertz CT molecular complexity index is 2410. The van der Waals surface area contributed by atoms with Crippen molar-refractivity contribution in [3.05, 3.63) is 65.9 Å². The van der Waals surface area contributed by atoms with Gasteiger partial charge in [0.05, 0.1) is 12.1 Å². The number of H-pyrrole nitrogens is 1. The number of benzene rings is 2. The second-order valence-corrected chi connectivity index (χ2v) is 18.0. The van der Waals surface area contributed by atoms with Crippen molar-refractivity contribution >= 4 is 70.1 Å². The number of hydrogen-bond acceptors (Lipinski definition) is 13. The first-order chi connectivity index (χ1) is 34.4. The van der Waals surface area contributed by atoms with E-state index in [1.165, 1.54) is 38.2 Å². The molecule has 0 spiro atoms. The van der Waals surface area contributed by atoms with Crippen LogP contribution in [0, 0.1) is 16.7 Å². The van der Waals surface area contributed by atoms with Gasteiger partial charge in [0.2, 0.25) is 47.3 Å². The maximum absolute atomic E-state index is 14.4. The summed E-state index contributed by atoms with van der Waals surface area (Å²) in [5.74, 6) is -8.33. The highest BCUT2D eigenvalue weighted by molar-refractivity contribution is 5.98. The van der Waals surface area contributed by atoms with Gasteiger partial charge in [-0.25, -0.2) is 0 Å². The van der Waals surface area contributed by atoms with Gasteiger partial charge in [-0.15, -0.1) is 0 Å². The van der Waals surface area contributed by atoms with Crippen LogP contribution in [0.1, 0.15) is 70.4 Å². The van der Waals surface area contributed by atoms with Gasteiger partial charge in [-0.2, -0.15) is 0 Å². The Morgan fingerprint density at radius 2 is 1.23 bits per heavy atom. The van der Waals surface area contributed by atoms with Crippen molar-refractivity contribution in [2.75, 3.05) is 20.1 Å². The third kappa shape index (κ3) is 19.3. The van der Waals surface area contributed by atoms with Crippen molar-refractivity contribution in [3.63, 3.8) is 0 Å². The average molecular weight is 1020 g/mol. The molecule has 26 nitrogen and oxygen atoms in total. The summed E-state index contributed by atoms with van der Waals surface area (Å²) in [6, 6.07) is 3.53. The summed E-state index contributed by atoms with van der Waals surface area (Å²) in [6.45, 7) is 4.65. The summed E-state index contributed by atoms with van der Waals surface area (Å²) in [6.07, 6.45) is -0.609. The fourth-order valence-corrected chi connectivity index (χ4v) is 7.73. The molecule has 2 aromatic carbocycles. The lowest BCUT2D eigenvalue weighted by molar-refractivity contribution is -0.143. The fraction of sp³-hybridized carbons (Fsp3) is 0.489. The average Bonchev–Trinajstić information content (AvgIpc) is 3.73. The summed E-state index contributed by atoms with van der Waals surface area (Å²) < 4.78 is 0. The number of primary amides is 2. The van der Waals surface area contributed by atoms with E-state index in [1.807, 2.05) is 24.3 Å². The molecule has 0 saturated heterocycles. The Hall–Kier alpha value is -8.00. The molecule has 3 aromatic rings. The zero-order valence-corrected chi connectivity index (χ0v) is 41.5. The van der Waals surface area contributed by atoms with Crippen molar-refractivity contribution in [1.82, 2.24) is 47.1 Å². The highest BCUT2D eigenvalue weighted by Crippen LogP contribution is 2.20. The summed E-state index contributed by atoms with van der Waals surface area (Å²) in [5.41, 5.74) is 30.4.